The Balaban J connectivity index is 1.61. The van der Waals surface area contributed by atoms with Crippen LogP contribution in [-0.2, 0) is 17.8 Å². The summed E-state index contributed by atoms with van der Waals surface area (Å²) in [6.45, 7) is 8.66. The van der Waals surface area contributed by atoms with Gasteiger partial charge in [0.05, 0.1) is 5.69 Å². The molecule has 1 aromatic carbocycles. The highest BCUT2D eigenvalue weighted by molar-refractivity contribution is 5.90. The number of carbonyl (C=O) groups excluding carboxylic acids is 1. The Morgan fingerprint density at radius 3 is 2.54 bits per heavy atom. The third-order valence-electron chi connectivity index (χ3n) is 3.96. The quantitative estimate of drug-likeness (QED) is 0.733. The largest absolute Gasteiger partial charge is 0.419 e. The number of aromatic nitrogens is 4. The summed E-state index contributed by atoms with van der Waals surface area (Å²) in [5.74, 6) is 0.790. The third kappa shape index (κ3) is 4.17. The van der Waals surface area contributed by atoms with E-state index < -0.39 is 0 Å². The van der Waals surface area contributed by atoms with Crippen molar-refractivity contribution in [1.82, 2.24) is 20.0 Å². The van der Waals surface area contributed by atoms with Gasteiger partial charge in [0.2, 0.25) is 11.8 Å². The van der Waals surface area contributed by atoms with Gasteiger partial charge in [-0.2, -0.15) is 5.10 Å². The van der Waals surface area contributed by atoms with Crippen molar-refractivity contribution in [3.05, 3.63) is 47.0 Å². The molecular weight excluding hydrogens is 330 g/mol. The van der Waals surface area contributed by atoms with Crippen LogP contribution in [0.15, 0.2) is 28.7 Å². The van der Waals surface area contributed by atoms with E-state index in [1.165, 1.54) is 0 Å². The minimum atomic E-state index is -0.0794. The summed E-state index contributed by atoms with van der Waals surface area (Å²) >= 11 is 0. The van der Waals surface area contributed by atoms with Gasteiger partial charge in [0.1, 0.15) is 5.69 Å². The van der Waals surface area contributed by atoms with Crippen LogP contribution in [0.1, 0.15) is 36.1 Å². The fraction of sp³-hybridized carbons (Fsp3) is 0.368. The fourth-order valence-electron chi connectivity index (χ4n) is 2.91. The molecular formula is C19H23N5O2. The molecule has 2 heterocycles. The van der Waals surface area contributed by atoms with Gasteiger partial charge in [-0.1, -0.05) is 6.07 Å². The molecule has 3 rings (SSSR count). The van der Waals surface area contributed by atoms with Crippen molar-refractivity contribution in [3.8, 4) is 11.6 Å². The van der Waals surface area contributed by atoms with E-state index >= 15 is 0 Å². The average Bonchev–Trinajstić information content (AvgIpc) is 3.17. The van der Waals surface area contributed by atoms with E-state index in [0.29, 0.717) is 18.2 Å². The lowest BCUT2D eigenvalue weighted by Crippen LogP contribution is -2.12. The maximum Gasteiger partial charge on any atom is 0.265 e. The van der Waals surface area contributed by atoms with E-state index in [0.717, 1.165) is 34.7 Å². The summed E-state index contributed by atoms with van der Waals surface area (Å²) in [5, 5.41) is 15.4. The third-order valence-corrected chi connectivity index (χ3v) is 3.96. The second-order valence-corrected chi connectivity index (χ2v) is 6.41. The highest BCUT2D eigenvalue weighted by Gasteiger charge is 2.15. The van der Waals surface area contributed by atoms with E-state index in [4.69, 9.17) is 4.42 Å². The van der Waals surface area contributed by atoms with Crippen molar-refractivity contribution in [3.63, 3.8) is 0 Å². The second kappa shape index (κ2) is 7.51. The topological polar surface area (TPSA) is 85.8 Å². The van der Waals surface area contributed by atoms with Crippen LogP contribution in [0.5, 0.6) is 0 Å². The van der Waals surface area contributed by atoms with Crippen molar-refractivity contribution in [2.24, 2.45) is 0 Å². The molecule has 0 spiro atoms. The molecule has 3 aromatic rings. The number of nitrogens with zero attached hydrogens (tertiary/aromatic N) is 4. The van der Waals surface area contributed by atoms with Crippen LogP contribution in [-0.4, -0.2) is 25.9 Å². The van der Waals surface area contributed by atoms with Gasteiger partial charge in [0.15, 0.2) is 0 Å². The van der Waals surface area contributed by atoms with Crippen LogP contribution < -0.4 is 5.32 Å². The van der Waals surface area contributed by atoms with Crippen LogP contribution in [0.25, 0.3) is 11.6 Å². The lowest BCUT2D eigenvalue weighted by molar-refractivity contribution is -0.116. The normalized spacial score (nSPS) is 10.9. The zero-order valence-corrected chi connectivity index (χ0v) is 15.5. The molecule has 7 heteroatoms. The minimum absolute atomic E-state index is 0.0794. The van der Waals surface area contributed by atoms with Gasteiger partial charge in [-0.15, -0.1) is 10.2 Å². The molecule has 0 aliphatic rings. The Bertz CT molecular complexity index is 906. The zero-order chi connectivity index (χ0) is 18.7. The number of rotatable bonds is 6. The van der Waals surface area contributed by atoms with Crippen molar-refractivity contribution in [2.75, 3.05) is 5.32 Å². The number of nitrogens with one attached hydrogen (secondary N) is 1. The van der Waals surface area contributed by atoms with Crippen LogP contribution in [0.4, 0.5) is 5.69 Å². The number of hydrogen-bond acceptors (Lipinski definition) is 5. The number of anilines is 1. The van der Waals surface area contributed by atoms with Crippen LogP contribution in [0.3, 0.4) is 0 Å². The number of amides is 1. The molecule has 2 aromatic heterocycles. The summed E-state index contributed by atoms with van der Waals surface area (Å²) in [4.78, 5) is 12.2. The predicted molar refractivity (Wildman–Crippen MR) is 98.8 cm³/mol. The molecule has 1 N–H and O–H groups in total. The molecule has 1 amide bonds. The van der Waals surface area contributed by atoms with E-state index in [9.17, 15) is 4.79 Å². The zero-order valence-electron chi connectivity index (χ0n) is 15.5. The summed E-state index contributed by atoms with van der Waals surface area (Å²) in [6.07, 6.45) is 0.670. The van der Waals surface area contributed by atoms with Gasteiger partial charge in [0.25, 0.3) is 5.89 Å². The molecule has 0 saturated carbocycles. The number of benzene rings is 1. The lowest BCUT2D eigenvalue weighted by Gasteiger charge is -2.06. The van der Waals surface area contributed by atoms with Gasteiger partial charge >= 0.3 is 0 Å². The number of hydrogen-bond donors (Lipinski definition) is 1. The Labute approximate surface area is 152 Å². The highest BCUT2D eigenvalue weighted by Crippen LogP contribution is 2.20. The maximum atomic E-state index is 12.2. The van der Waals surface area contributed by atoms with E-state index in [2.05, 4.69) is 26.7 Å². The van der Waals surface area contributed by atoms with Gasteiger partial charge in [0, 0.05) is 25.1 Å². The van der Waals surface area contributed by atoms with E-state index in [1.54, 1.807) is 0 Å². The summed E-state index contributed by atoms with van der Waals surface area (Å²) < 4.78 is 7.52. The van der Waals surface area contributed by atoms with E-state index in [-0.39, 0.29) is 12.3 Å². The molecule has 136 valence electrons. The molecule has 0 aliphatic heterocycles. The van der Waals surface area contributed by atoms with Crippen LogP contribution in [0, 0.1) is 20.8 Å². The Morgan fingerprint density at radius 1 is 1.12 bits per heavy atom. The van der Waals surface area contributed by atoms with Gasteiger partial charge < -0.3 is 9.73 Å². The standard InChI is InChI=1S/C19H23N5O2/c1-5-24-16(11-14(4)23-24)19-22-21-18(26-19)7-6-17(25)20-15-9-12(2)8-13(3)10-15/h8-11H,5-7H2,1-4H3,(H,20,25). The Kier molecular flexibility index (Phi) is 5.16. The molecule has 0 aliphatic carbocycles. The average molecular weight is 353 g/mol. The van der Waals surface area contributed by atoms with Crippen molar-refractivity contribution in [2.45, 2.75) is 47.1 Å². The summed E-state index contributed by atoms with van der Waals surface area (Å²) in [7, 11) is 0. The highest BCUT2D eigenvalue weighted by atomic mass is 16.4. The Hall–Kier alpha value is -2.96. The SMILES string of the molecule is CCn1nc(C)cc1-c1nnc(CCC(=O)Nc2cc(C)cc(C)c2)o1. The molecule has 0 atom stereocenters. The van der Waals surface area contributed by atoms with E-state index in [1.807, 2.05) is 50.6 Å². The Morgan fingerprint density at radius 2 is 1.85 bits per heavy atom. The maximum absolute atomic E-state index is 12.2. The summed E-state index contributed by atoms with van der Waals surface area (Å²) in [5.41, 5.74) is 4.73. The van der Waals surface area contributed by atoms with Crippen molar-refractivity contribution >= 4 is 11.6 Å². The summed E-state index contributed by atoms with van der Waals surface area (Å²) in [6, 6.07) is 7.87. The van der Waals surface area contributed by atoms with Crippen LogP contribution in [0.2, 0.25) is 0 Å². The second-order valence-electron chi connectivity index (χ2n) is 6.41. The first kappa shape index (κ1) is 17.8. The molecule has 0 fully saturated rings. The smallest absolute Gasteiger partial charge is 0.265 e. The van der Waals surface area contributed by atoms with Gasteiger partial charge in [-0.3, -0.25) is 9.48 Å². The monoisotopic (exact) mass is 353 g/mol. The fourth-order valence-corrected chi connectivity index (χ4v) is 2.91. The van der Waals surface area contributed by atoms with Crippen molar-refractivity contribution in [1.29, 1.82) is 0 Å². The van der Waals surface area contributed by atoms with Crippen LogP contribution >= 0.6 is 0 Å². The molecule has 0 bridgehead atoms. The molecule has 26 heavy (non-hydrogen) atoms. The molecule has 0 unspecified atom stereocenters. The predicted octanol–water partition coefficient (Wildman–Crippen LogP) is 3.45. The first-order valence-electron chi connectivity index (χ1n) is 8.70. The number of carbonyl (C=O) groups is 1. The minimum Gasteiger partial charge on any atom is -0.419 e. The first-order valence-corrected chi connectivity index (χ1v) is 8.70. The molecule has 0 radical (unpaired) electrons. The molecule has 7 nitrogen and oxygen atoms in total. The lowest BCUT2D eigenvalue weighted by atomic mass is 10.1. The van der Waals surface area contributed by atoms with Crippen molar-refractivity contribution < 1.29 is 9.21 Å². The molecule has 0 saturated heterocycles. The van der Waals surface area contributed by atoms with Gasteiger partial charge in [-0.05, 0) is 57.0 Å². The number of aryl methyl sites for hydroxylation is 5. The first-order chi connectivity index (χ1) is 12.4. The van der Waals surface area contributed by atoms with Gasteiger partial charge in [-0.25, -0.2) is 0 Å².